The van der Waals surface area contributed by atoms with Crippen LogP contribution in [0.3, 0.4) is 0 Å². The summed E-state index contributed by atoms with van der Waals surface area (Å²) < 4.78 is 11.9. The Balaban J connectivity index is 1.13. The van der Waals surface area contributed by atoms with Crippen molar-refractivity contribution in [2.45, 2.75) is 0 Å². The second-order valence-corrected chi connectivity index (χ2v) is 14.4. The van der Waals surface area contributed by atoms with E-state index in [1.54, 1.807) is 0 Å². The smallest absolute Gasteiger partial charge is 0.164 e. The highest BCUT2D eigenvalue weighted by molar-refractivity contribution is 6.22. The first-order valence-electron chi connectivity index (χ1n) is 19.1. The first-order chi connectivity index (χ1) is 28.3. The molecule has 6 heteroatoms. The molecule has 0 radical (unpaired) electrons. The maximum atomic E-state index is 7.18. The number of aromatic nitrogens is 5. The molecule has 4 aromatic heterocycles. The van der Waals surface area contributed by atoms with Crippen LogP contribution in [-0.4, -0.2) is 24.1 Å². The first-order valence-corrected chi connectivity index (χ1v) is 19.1. The molecule has 0 aliphatic rings. The number of furan rings is 1. The fourth-order valence-electron chi connectivity index (χ4n) is 8.62. The van der Waals surface area contributed by atoms with E-state index in [4.69, 9.17) is 19.4 Å². The molecule has 6 nitrogen and oxygen atoms in total. The SMILES string of the molecule is c1ccc(-c2nc(-c3ccccc3)nc(-c3ccc4c5ccc6c7cccc(-n8c9ccccc9c9ccccc98)c7oc6c5n(-c5ccccc5)c4c3)n2)cc1. The van der Waals surface area contributed by atoms with Crippen molar-refractivity contribution in [3.8, 4) is 45.5 Å². The van der Waals surface area contributed by atoms with Gasteiger partial charge < -0.3 is 13.6 Å². The van der Waals surface area contributed by atoms with E-state index >= 15 is 0 Å². The number of fused-ring (bicyclic) bond motifs is 10. The quantitative estimate of drug-likeness (QED) is 0.177. The molecule has 0 saturated heterocycles. The van der Waals surface area contributed by atoms with E-state index in [0.29, 0.717) is 17.5 Å². The van der Waals surface area contributed by atoms with Crippen LogP contribution in [0.2, 0.25) is 0 Å². The Kier molecular flexibility index (Phi) is 6.83. The summed E-state index contributed by atoms with van der Waals surface area (Å²) in [7, 11) is 0. The van der Waals surface area contributed by atoms with Gasteiger partial charge >= 0.3 is 0 Å². The number of rotatable bonds is 5. The van der Waals surface area contributed by atoms with Crippen molar-refractivity contribution < 1.29 is 4.42 Å². The molecule has 0 aliphatic carbocycles. The predicted molar refractivity (Wildman–Crippen MR) is 232 cm³/mol. The third-order valence-corrected chi connectivity index (χ3v) is 11.2. The molecule has 0 spiro atoms. The summed E-state index contributed by atoms with van der Waals surface area (Å²) in [5, 5.41) is 6.79. The van der Waals surface area contributed by atoms with Gasteiger partial charge in [-0.25, -0.2) is 15.0 Å². The summed E-state index contributed by atoms with van der Waals surface area (Å²) in [5.74, 6) is 1.87. The van der Waals surface area contributed by atoms with Crippen molar-refractivity contribution in [1.82, 2.24) is 24.1 Å². The van der Waals surface area contributed by atoms with Gasteiger partial charge in [-0.05, 0) is 42.5 Å². The van der Waals surface area contributed by atoms with Gasteiger partial charge in [0.2, 0.25) is 0 Å². The first kappa shape index (κ1) is 31.5. The molecule has 57 heavy (non-hydrogen) atoms. The molecule has 0 fully saturated rings. The van der Waals surface area contributed by atoms with Crippen LogP contribution in [0.5, 0.6) is 0 Å². The van der Waals surface area contributed by atoms with Gasteiger partial charge in [-0.2, -0.15) is 0 Å². The van der Waals surface area contributed by atoms with Crippen LogP contribution in [0.4, 0.5) is 0 Å². The van der Waals surface area contributed by atoms with Crippen molar-refractivity contribution in [1.29, 1.82) is 0 Å². The summed E-state index contributed by atoms with van der Waals surface area (Å²) in [6, 6.07) is 65.4. The van der Waals surface area contributed by atoms with Crippen LogP contribution < -0.4 is 0 Å². The highest BCUT2D eigenvalue weighted by Gasteiger charge is 2.23. The Bertz CT molecular complexity index is 3400. The lowest BCUT2D eigenvalue weighted by molar-refractivity contribution is 0.668. The number of para-hydroxylation sites is 4. The summed E-state index contributed by atoms with van der Waals surface area (Å²) in [4.78, 5) is 15.1. The number of hydrogen-bond acceptors (Lipinski definition) is 4. The molecule has 4 heterocycles. The highest BCUT2D eigenvalue weighted by atomic mass is 16.3. The van der Waals surface area contributed by atoms with Crippen molar-refractivity contribution >= 4 is 65.6 Å². The summed E-state index contributed by atoms with van der Waals surface area (Å²) in [6.45, 7) is 0. The van der Waals surface area contributed by atoms with Crippen LogP contribution in [-0.2, 0) is 0 Å². The Morgan fingerprint density at radius 2 is 0.825 bits per heavy atom. The predicted octanol–water partition coefficient (Wildman–Crippen LogP) is 13.0. The maximum absolute atomic E-state index is 7.18. The average Bonchev–Trinajstić information content (AvgIpc) is 3.95. The van der Waals surface area contributed by atoms with E-state index < -0.39 is 0 Å². The molecule has 0 saturated carbocycles. The Morgan fingerprint density at radius 3 is 1.47 bits per heavy atom. The minimum Gasteiger partial charge on any atom is -0.452 e. The Labute approximate surface area is 326 Å². The van der Waals surface area contributed by atoms with E-state index in [-0.39, 0.29) is 0 Å². The van der Waals surface area contributed by atoms with Crippen LogP contribution in [0.25, 0.3) is 111 Å². The minimum atomic E-state index is 0.610. The largest absolute Gasteiger partial charge is 0.452 e. The maximum Gasteiger partial charge on any atom is 0.164 e. The van der Waals surface area contributed by atoms with Crippen LogP contribution in [0.15, 0.2) is 192 Å². The van der Waals surface area contributed by atoms with Crippen LogP contribution in [0, 0.1) is 0 Å². The van der Waals surface area contributed by atoms with Gasteiger partial charge in [0.1, 0.15) is 0 Å². The zero-order chi connectivity index (χ0) is 37.5. The molecule has 0 aliphatic heterocycles. The molecule has 12 rings (SSSR count). The zero-order valence-electron chi connectivity index (χ0n) is 30.5. The van der Waals surface area contributed by atoms with Gasteiger partial charge in [-0.3, -0.25) is 0 Å². The van der Waals surface area contributed by atoms with Crippen molar-refractivity contribution in [3.63, 3.8) is 0 Å². The van der Waals surface area contributed by atoms with E-state index in [2.05, 4.69) is 137 Å². The van der Waals surface area contributed by atoms with Gasteiger partial charge in [-0.15, -0.1) is 0 Å². The highest BCUT2D eigenvalue weighted by Crippen LogP contribution is 2.43. The fourth-order valence-corrected chi connectivity index (χ4v) is 8.62. The van der Waals surface area contributed by atoms with Gasteiger partial charge in [0.15, 0.2) is 28.6 Å². The van der Waals surface area contributed by atoms with E-state index in [1.165, 1.54) is 10.8 Å². The van der Waals surface area contributed by atoms with Crippen LogP contribution in [0.1, 0.15) is 0 Å². The standard InChI is InChI=1S/C51H31N5O/c1-4-15-32(16-5-1)49-52-50(33-17-6-2-7-18-33)54-51(53-49)34-27-28-38-39-29-30-41-40-23-14-26-44(56-42-24-12-10-21-36(42)37-22-11-13-25-43(37)56)47(40)57-48(41)46(39)55(45(38)31-34)35-19-8-3-9-20-35/h1-31H. The van der Waals surface area contributed by atoms with Gasteiger partial charge in [0.25, 0.3) is 0 Å². The number of nitrogens with zero attached hydrogens (tertiary/aromatic N) is 5. The molecule has 0 atom stereocenters. The third-order valence-electron chi connectivity index (χ3n) is 11.2. The lowest BCUT2D eigenvalue weighted by Gasteiger charge is -2.10. The van der Waals surface area contributed by atoms with Crippen LogP contribution >= 0.6 is 0 Å². The fraction of sp³-hybridized carbons (Fsp3) is 0. The van der Waals surface area contributed by atoms with Gasteiger partial charge in [-0.1, -0.05) is 146 Å². The monoisotopic (exact) mass is 729 g/mol. The molecular formula is C51H31N5O. The minimum absolute atomic E-state index is 0.610. The summed E-state index contributed by atoms with van der Waals surface area (Å²) in [5.41, 5.74) is 10.9. The lowest BCUT2D eigenvalue weighted by Crippen LogP contribution is -2.00. The second kappa shape index (κ2) is 12.3. The molecule has 0 amide bonds. The van der Waals surface area contributed by atoms with Crippen molar-refractivity contribution in [3.05, 3.63) is 188 Å². The van der Waals surface area contributed by atoms with E-state index in [1.807, 2.05) is 60.7 Å². The molecule has 0 unspecified atom stereocenters. The molecular weight excluding hydrogens is 699 g/mol. The van der Waals surface area contributed by atoms with Crippen molar-refractivity contribution in [2.24, 2.45) is 0 Å². The summed E-state index contributed by atoms with van der Waals surface area (Å²) >= 11 is 0. The molecule has 0 bridgehead atoms. The molecule has 0 N–H and O–H groups in total. The van der Waals surface area contributed by atoms with Crippen molar-refractivity contribution in [2.75, 3.05) is 0 Å². The number of hydrogen-bond donors (Lipinski definition) is 0. The number of benzene rings is 8. The van der Waals surface area contributed by atoms with Gasteiger partial charge in [0.05, 0.1) is 27.8 Å². The van der Waals surface area contributed by atoms with E-state index in [9.17, 15) is 0 Å². The molecule has 8 aromatic carbocycles. The topological polar surface area (TPSA) is 61.7 Å². The average molecular weight is 730 g/mol. The third kappa shape index (κ3) is 4.81. The second-order valence-electron chi connectivity index (χ2n) is 14.4. The molecule has 266 valence electrons. The molecule has 12 aromatic rings. The van der Waals surface area contributed by atoms with E-state index in [0.717, 1.165) is 82.8 Å². The summed E-state index contributed by atoms with van der Waals surface area (Å²) in [6.07, 6.45) is 0. The lowest BCUT2D eigenvalue weighted by atomic mass is 10.1. The Hall–Kier alpha value is -7.83. The van der Waals surface area contributed by atoms with Gasteiger partial charge in [0, 0.05) is 54.7 Å². The Morgan fingerprint density at radius 1 is 0.333 bits per heavy atom. The zero-order valence-corrected chi connectivity index (χ0v) is 30.5. The normalized spacial score (nSPS) is 11.9.